The van der Waals surface area contributed by atoms with Crippen LogP contribution in [-0.4, -0.2) is 40.0 Å². The predicted octanol–water partition coefficient (Wildman–Crippen LogP) is 0.394. The van der Waals surface area contributed by atoms with Crippen molar-refractivity contribution in [1.82, 2.24) is 15.4 Å². The molecule has 124 valence electrons. The Morgan fingerprint density at radius 1 is 1.36 bits per heavy atom. The first-order valence-electron chi connectivity index (χ1n) is 6.73. The first-order chi connectivity index (χ1) is 9.99. The smallest absolute Gasteiger partial charge is 0.243 e. The van der Waals surface area contributed by atoms with E-state index >= 15 is 0 Å². The normalized spacial score (nSPS) is 17.8. The van der Waals surface area contributed by atoms with Gasteiger partial charge in [0.2, 0.25) is 15.9 Å². The van der Waals surface area contributed by atoms with E-state index in [0.29, 0.717) is 0 Å². The molecule has 1 unspecified atom stereocenters. The number of halogens is 2. The highest BCUT2D eigenvalue weighted by Gasteiger charge is 2.19. The Morgan fingerprint density at radius 3 is 2.73 bits per heavy atom. The summed E-state index contributed by atoms with van der Waals surface area (Å²) < 4.78 is 39.4. The van der Waals surface area contributed by atoms with Crippen LogP contribution >= 0.6 is 12.4 Å². The van der Waals surface area contributed by atoms with Crippen molar-refractivity contribution in [2.45, 2.75) is 23.8 Å². The molecule has 0 aliphatic carbocycles. The molecule has 1 aliphatic heterocycles. The van der Waals surface area contributed by atoms with Gasteiger partial charge in [0.25, 0.3) is 0 Å². The highest BCUT2D eigenvalue weighted by atomic mass is 35.5. The second-order valence-corrected chi connectivity index (χ2v) is 6.57. The van der Waals surface area contributed by atoms with E-state index in [1.807, 2.05) is 0 Å². The van der Waals surface area contributed by atoms with Crippen LogP contribution in [0.1, 0.15) is 12.8 Å². The molecular weight excluding hydrogens is 333 g/mol. The summed E-state index contributed by atoms with van der Waals surface area (Å²) in [5.74, 6) is -1.04. The molecule has 22 heavy (non-hydrogen) atoms. The minimum atomic E-state index is -3.93. The average Bonchev–Trinajstić information content (AvgIpc) is 2.91. The van der Waals surface area contributed by atoms with Crippen molar-refractivity contribution < 1.29 is 17.6 Å². The summed E-state index contributed by atoms with van der Waals surface area (Å²) in [7, 11) is -3.93. The summed E-state index contributed by atoms with van der Waals surface area (Å²) in [4.78, 5) is 11.2. The molecular formula is C13H19ClFN3O3S. The molecule has 1 aromatic rings. The van der Waals surface area contributed by atoms with Gasteiger partial charge >= 0.3 is 0 Å². The van der Waals surface area contributed by atoms with Crippen LogP contribution in [-0.2, 0) is 14.8 Å². The molecule has 1 aromatic carbocycles. The first-order valence-corrected chi connectivity index (χ1v) is 8.21. The van der Waals surface area contributed by atoms with E-state index in [9.17, 15) is 17.6 Å². The number of nitrogens with one attached hydrogen (secondary N) is 3. The summed E-state index contributed by atoms with van der Waals surface area (Å²) in [5.41, 5.74) is 0. The van der Waals surface area contributed by atoms with Crippen molar-refractivity contribution in [3.8, 4) is 0 Å². The fraction of sp³-hybridized carbons (Fsp3) is 0.462. The largest absolute Gasteiger partial charge is 0.352 e. The maximum Gasteiger partial charge on any atom is 0.243 e. The standard InChI is InChI=1S/C13H18FN3O3S.ClH/c14-11-3-1-2-4-12(11)21(19,20)16-8-6-13(18)17-10-5-7-15-9-10;/h1-4,10,15-16H,5-9H2,(H,17,18);1H. The van der Waals surface area contributed by atoms with Gasteiger partial charge in [-0.25, -0.2) is 17.5 Å². The molecule has 1 atom stereocenters. The molecule has 0 spiro atoms. The van der Waals surface area contributed by atoms with Gasteiger partial charge in [0.1, 0.15) is 10.7 Å². The third-order valence-electron chi connectivity index (χ3n) is 3.20. The van der Waals surface area contributed by atoms with Crippen molar-refractivity contribution in [3.63, 3.8) is 0 Å². The topological polar surface area (TPSA) is 87.3 Å². The van der Waals surface area contributed by atoms with Crippen LogP contribution in [0, 0.1) is 5.82 Å². The van der Waals surface area contributed by atoms with Crippen molar-refractivity contribution >= 4 is 28.3 Å². The van der Waals surface area contributed by atoms with E-state index in [4.69, 9.17) is 0 Å². The highest BCUT2D eigenvalue weighted by molar-refractivity contribution is 7.89. The molecule has 0 aromatic heterocycles. The number of sulfonamides is 1. The lowest BCUT2D eigenvalue weighted by molar-refractivity contribution is -0.121. The number of hydrogen-bond acceptors (Lipinski definition) is 4. The van der Waals surface area contributed by atoms with Gasteiger partial charge in [-0.15, -0.1) is 12.4 Å². The Balaban J connectivity index is 0.00000242. The minimum Gasteiger partial charge on any atom is -0.352 e. The van der Waals surface area contributed by atoms with Gasteiger partial charge in [-0.2, -0.15) is 0 Å². The Kier molecular flexibility index (Phi) is 7.21. The molecule has 2 rings (SSSR count). The Labute approximate surface area is 135 Å². The number of rotatable bonds is 6. The van der Waals surface area contributed by atoms with Crippen molar-refractivity contribution in [2.75, 3.05) is 19.6 Å². The van der Waals surface area contributed by atoms with E-state index in [2.05, 4.69) is 15.4 Å². The van der Waals surface area contributed by atoms with Crippen LogP contribution in [0.25, 0.3) is 0 Å². The predicted molar refractivity (Wildman–Crippen MR) is 82.9 cm³/mol. The fourth-order valence-corrected chi connectivity index (χ4v) is 3.23. The van der Waals surface area contributed by atoms with Crippen LogP contribution in [0.5, 0.6) is 0 Å². The zero-order valence-corrected chi connectivity index (χ0v) is 13.5. The third-order valence-corrected chi connectivity index (χ3v) is 4.69. The van der Waals surface area contributed by atoms with Crippen LogP contribution in [0.4, 0.5) is 4.39 Å². The molecule has 9 heteroatoms. The van der Waals surface area contributed by atoms with Gasteiger partial charge in [-0.3, -0.25) is 4.79 Å². The van der Waals surface area contributed by atoms with E-state index in [0.717, 1.165) is 25.6 Å². The van der Waals surface area contributed by atoms with Crippen LogP contribution < -0.4 is 15.4 Å². The Morgan fingerprint density at radius 2 is 2.09 bits per heavy atom. The number of benzene rings is 1. The third kappa shape index (κ3) is 5.20. The van der Waals surface area contributed by atoms with Gasteiger partial charge < -0.3 is 10.6 Å². The van der Waals surface area contributed by atoms with Gasteiger partial charge in [-0.05, 0) is 25.1 Å². The van der Waals surface area contributed by atoms with Crippen molar-refractivity contribution in [2.24, 2.45) is 0 Å². The number of carbonyl (C=O) groups is 1. The molecule has 6 nitrogen and oxygen atoms in total. The summed E-state index contributed by atoms with van der Waals surface area (Å²) in [6, 6.07) is 5.21. The van der Waals surface area contributed by atoms with E-state index in [1.165, 1.54) is 18.2 Å². The maximum atomic E-state index is 13.4. The molecule has 1 fully saturated rings. The van der Waals surface area contributed by atoms with Crippen molar-refractivity contribution in [1.29, 1.82) is 0 Å². The molecule has 0 radical (unpaired) electrons. The minimum absolute atomic E-state index is 0. The van der Waals surface area contributed by atoms with Crippen LogP contribution in [0.15, 0.2) is 29.2 Å². The second-order valence-electron chi connectivity index (χ2n) is 4.84. The van der Waals surface area contributed by atoms with Gasteiger partial charge in [0.05, 0.1) is 0 Å². The zero-order valence-electron chi connectivity index (χ0n) is 11.8. The number of amides is 1. The summed E-state index contributed by atoms with van der Waals surface area (Å²) >= 11 is 0. The Bertz CT molecular complexity index is 606. The SMILES string of the molecule is Cl.O=C(CCNS(=O)(=O)c1ccccc1F)NC1CCNC1. The molecule has 1 heterocycles. The van der Waals surface area contributed by atoms with E-state index in [1.54, 1.807) is 0 Å². The van der Waals surface area contributed by atoms with Gasteiger partial charge in [-0.1, -0.05) is 12.1 Å². The van der Waals surface area contributed by atoms with Crippen LogP contribution in [0.3, 0.4) is 0 Å². The van der Waals surface area contributed by atoms with Gasteiger partial charge in [0, 0.05) is 25.6 Å². The quantitative estimate of drug-likeness (QED) is 0.692. The summed E-state index contributed by atoms with van der Waals surface area (Å²) in [6.45, 7) is 1.53. The molecule has 3 N–H and O–H groups in total. The maximum absolute atomic E-state index is 13.4. The van der Waals surface area contributed by atoms with E-state index in [-0.39, 0.29) is 37.3 Å². The number of carbonyl (C=O) groups excluding carboxylic acids is 1. The monoisotopic (exact) mass is 351 g/mol. The highest BCUT2D eigenvalue weighted by Crippen LogP contribution is 2.12. The molecule has 1 amide bonds. The van der Waals surface area contributed by atoms with E-state index < -0.39 is 20.7 Å². The molecule has 1 aliphatic rings. The first kappa shape index (κ1) is 18.8. The zero-order chi connectivity index (χ0) is 15.3. The lowest BCUT2D eigenvalue weighted by Gasteiger charge is -2.11. The lowest BCUT2D eigenvalue weighted by Crippen LogP contribution is -2.38. The lowest BCUT2D eigenvalue weighted by atomic mass is 10.2. The Hall–Kier alpha value is -1.22. The molecule has 1 saturated heterocycles. The number of hydrogen-bond donors (Lipinski definition) is 3. The fourth-order valence-electron chi connectivity index (χ4n) is 2.12. The van der Waals surface area contributed by atoms with Crippen molar-refractivity contribution in [3.05, 3.63) is 30.1 Å². The second kappa shape index (κ2) is 8.42. The average molecular weight is 352 g/mol. The summed E-state index contributed by atoms with van der Waals surface area (Å²) in [5, 5.41) is 5.92. The summed E-state index contributed by atoms with van der Waals surface area (Å²) in [6.07, 6.45) is 0.886. The molecule has 0 bridgehead atoms. The molecule has 0 saturated carbocycles. The van der Waals surface area contributed by atoms with Crippen LogP contribution in [0.2, 0.25) is 0 Å². The van der Waals surface area contributed by atoms with Gasteiger partial charge in [0.15, 0.2) is 0 Å².